The lowest BCUT2D eigenvalue weighted by atomic mass is 10.1. The van der Waals surface area contributed by atoms with Gasteiger partial charge in [0, 0.05) is 24.3 Å². The van der Waals surface area contributed by atoms with E-state index in [2.05, 4.69) is 17.2 Å². The van der Waals surface area contributed by atoms with Gasteiger partial charge in [0.1, 0.15) is 5.75 Å². The molecule has 0 fully saturated rings. The first-order chi connectivity index (χ1) is 14.0. The summed E-state index contributed by atoms with van der Waals surface area (Å²) in [6.45, 7) is 5.95. The van der Waals surface area contributed by atoms with Crippen molar-refractivity contribution in [3.05, 3.63) is 88.8 Å². The minimum absolute atomic E-state index is 0.0555. The largest absolute Gasteiger partial charge is 0.497 e. The van der Waals surface area contributed by atoms with Gasteiger partial charge in [0.25, 0.3) is 5.91 Å². The van der Waals surface area contributed by atoms with E-state index in [1.165, 1.54) is 5.57 Å². The number of amides is 1. The maximum absolute atomic E-state index is 13.1. The average molecular weight is 387 g/mol. The quantitative estimate of drug-likeness (QED) is 0.662. The van der Waals surface area contributed by atoms with Crippen molar-refractivity contribution < 1.29 is 9.53 Å². The molecule has 0 N–H and O–H groups in total. The number of rotatable bonds is 5. The third-order valence-electron chi connectivity index (χ3n) is 5.28. The van der Waals surface area contributed by atoms with Crippen LogP contribution in [0.2, 0.25) is 0 Å². The Morgan fingerprint density at radius 2 is 1.90 bits per heavy atom. The van der Waals surface area contributed by atoms with Crippen LogP contribution in [0.5, 0.6) is 5.75 Å². The zero-order valence-electron chi connectivity index (χ0n) is 17.1. The molecule has 0 radical (unpaired) electrons. The van der Waals surface area contributed by atoms with Crippen molar-refractivity contribution in [2.24, 2.45) is 0 Å². The molecule has 2 heterocycles. The van der Waals surface area contributed by atoms with Gasteiger partial charge in [-0.05, 0) is 60.9 Å². The average Bonchev–Trinajstić information content (AvgIpc) is 3.34. The van der Waals surface area contributed by atoms with Crippen LogP contribution in [0.3, 0.4) is 0 Å². The Balaban J connectivity index is 1.45. The maximum Gasteiger partial charge on any atom is 0.254 e. The fraction of sp³-hybridized carbons (Fsp3) is 0.250. The summed E-state index contributed by atoms with van der Waals surface area (Å²) in [6, 6.07) is 17.9. The van der Waals surface area contributed by atoms with Crippen LogP contribution in [-0.4, -0.2) is 40.8 Å². The Hall–Kier alpha value is -3.34. The summed E-state index contributed by atoms with van der Waals surface area (Å²) >= 11 is 0. The van der Waals surface area contributed by atoms with E-state index in [1.807, 2.05) is 72.0 Å². The topological polar surface area (TPSA) is 47.4 Å². The molecule has 0 saturated carbocycles. The standard InChI is InChI=1S/C24H25N3O2/c1-17-13-18(2)27(25-17)15-19-5-4-6-21(14-19)24(28)26-12-11-22(16-26)20-7-9-23(29-3)10-8-20/h4-11,13-14H,12,15-16H2,1-3H3. The third kappa shape index (κ3) is 4.09. The van der Waals surface area contributed by atoms with Crippen LogP contribution in [0, 0.1) is 13.8 Å². The van der Waals surface area contributed by atoms with Crippen LogP contribution < -0.4 is 4.74 Å². The summed E-state index contributed by atoms with van der Waals surface area (Å²) in [7, 11) is 1.66. The maximum atomic E-state index is 13.1. The zero-order valence-corrected chi connectivity index (χ0v) is 17.1. The summed E-state index contributed by atoms with van der Waals surface area (Å²) in [4.78, 5) is 14.9. The van der Waals surface area contributed by atoms with Crippen LogP contribution >= 0.6 is 0 Å². The highest BCUT2D eigenvalue weighted by Gasteiger charge is 2.22. The Kier molecular flexibility index (Phi) is 5.21. The van der Waals surface area contributed by atoms with E-state index in [1.54, 1.807) is 7.11 Å². The second kappa shape index (κ2) is 7.95. The number of benzene rings is 2. The number of ether oxygens (including phenoxy) is 1. The summed E-state index contributed by atoms with van der Waals surface area (Å²) in [5, 5.41) is 4.52. The van der Waals surface area contributed by atoms with Crippen LogP contribution in [0.4, 0.5) is 0 Å². The molecule has 1 amide bonds. The molecule has 0 unspecified atom stereocenters. The fourth-order valence-electron chi connectivity index (χ4n) is 3.72. The number of hydrogen-bond donors (Lipinski definition) is 0. The molecule has 1 aliphatic rings. The molecule has 0 bridgehead atoms. The molecule has 5 heteroatoms. The van der Waals surface area contributed by atoms with Crippen LogP contribution in [-0.2, 0) is 6.54 Å². The van der Waals surface area contributed by atoms with E-state index in [9.17, 15) is 4.79 Å². The number of methoxy groups -OCH3 is 1. The SMILES string of the molecule is COc1ccc(C2=CCN(C(=O)c3cccc(Cn4nc(C)cc4C)c3)C2)cc1. The van der Waals surface area contributed by atoms with Crippen LogP contribution in [0.15, 0.2) is 60.7 Å². The minimum Gasteiger partial charge on any atom is -0.497 e. The third-order valence-corrected chi connectivity index (χ3v) is 5.28. The predicted octanol–water partition coefficient (Wildman–Crippen LogP) is 4.10. The zero-order chi connectivity index (χ0) is 20.4. The van der Waals surface area contributed by atoms with E-state index in [-0.39, 0.29) is 5.91 Å². The normalized spacial score (nSPS) is 13.5. The van der Waals surface area contributed by atoms with Gasteiger partial charge < -0.3 is 9.64 Å². The van der Waals surface area contributed by atoms with E-state index < -0.39 is 0 Å². The molecule has 0 saturated heterocycles. The van der Waals surface area contributed by atoms with E-state index in [4.69, 9.17) is 4.74 Å². The highest BCUT2D eigenvalue weighted by molar-refractivity contribution is 5.96. The van der Waals surface area contributed by atoms with E-state index in [0.717, 1.165) is 28.3 Å². The molecular weight excluding hydrogens is 362 g/mol. The van der Waals surface area contributed by atoms with Crippen LogP contribution in [0.1, 0.15) is 32.9 Å². The van der Waals surface area contributed by atoms with Gasteiger partial charge in [0.2, 0.25) is 0 Å². The molecule has 1 aromatic heterocycles. The van der Waals surface area contributed by atoms with Crippen molar-refractivity contribution in [3.8, 4) is 5.75 Å². The van der Waals surface area contributed by atoms with Crippen molar-refractivity contribution >= 4 is 11.5 Å². The van der Waals surface area contributed by atoms with Crippen molar-refractivity contribution in [1.29, 1.82) is 0 Å². The molecular formula is C24H25N3O2. The monoisotopic (exact) mass is 387 g/mol. The fourth-order valence-corrected chi connectivity index (χ4v) is 3.72. The number of hydrogen-bond acceptors (Lipinski definition) is 3. The number of carbonyl (C=O) groups is 1. The predicted molar refractivity (Wildman–Crippen MR) is 114 cm³/mol. The van der Waals surface area contributed by atoms with E-state index in [0.29, 0.717) is 25.2 Å². The Bertz CT molecular complexity index is 1060. The molecule has 0 spiro atoms. The molecule has 1 aliphatic heterocycles. The number of nitrogens with zero attached hydrogens (tertiary/aromatic N) is 3. The second-order valence-electron chi connectivity index (χ2n) is 7.43. The van der Waals surface area contributed by atoms with Crippen molar-refractivity contribution in [1.82, 2.24) is 14.7 Å². The first-order valence-corrected chi connectivity index (χ1v) is 9.76. The molecule has 3 aromatic rings. The Morgan fingerprint density at radius 3 is 2.59 bits per heavy atom. The van der Waals surface area contributed by atoms with Gasteiger partial charge in [0.15, 0.2) is 0 Å². The first kappa shape index (κ1) is 19.0. The lowest BCUT2D eigenvalue weighted by molar-refractivity contribution is 0.0801. The van der Waals surface area contributed by atoms with Gasteiger partial charge >= 0.3 is 0 Å². The second-order valence-corrected chi connectivity index (χ2v) is 7.43. The first-order valence-electron chi connectivity index (χ1n) is 9.76. The molecule has 0 atom stereocenters. The van der Waals surface area contributed by atoms with Gasteiger partial charge in [-0.2, -0.15) is 5.10 Å². The van der Waals surface area contributed by atoms with Gasteiger partial charge in [-0.15, -0.1) is 0 Å². The van der Waals surface area contributed by atoms with Gasteiger partial charge in [-0.3, -0.25) is 9.48 Å². The lowest BCUT2D eigenvalue weighted by Gasteiger charge is -2.17. The summed E-state index contributed by atoms with van der Waals surface area (Å²) in [5.74, 6) is 0.889. The molecule has 29 heavy (non-hydrogen) atoms. The highest BCUT2D eigenvalue weighted by Crippen LogP contribution is 2.24. The molecule has 2 aromatic carbocycles. The number of carbonyl (C=O) groups excluding carboxylic acids is 1. The van der Waals surface area contributed by atoms with E-state index >= 15 is 0 Å². The molecule has 5 nitrogen and oxygen atoms in total. The summed E-state index contributed by atoms with van der Waals surface area (Å²) in [5.41, 5.74) is 6.20. The lowest BCUT2D eigenvalue weighted by Crippen LogP contribution is -2.28. The summed E-state index contributed by atoms with van der Waals surface area (Å²) in [6.07, 6.45) is 2.12. The van der Waals surface area contributed by atoms with Gasteiger partial charge in [-0.1, -0.05) is 30.3 Å². The molecule has 4 rings (SSSR count). The van der Waals surface area contributed by atoms with Crippen molar-refractivity contribution in [3.63, 3.8) is 0 Å². The molecule has 148 valence electrons. The number of aryl methyl sites for hydroxylation is 2. The van der Waals surface area contributed by atoms with Gasteiger partial charge in [0.05, 0.1) is 19.3 Å². The van der Waals surface area contributed by atoms with Crippen molar-refractivity contribution in [2.75, 3.05) is 20.2 Å². The van der Waals surface area contributed by atoms with Crippen molar-refractivity contribution in [2.45, 2.75) is 20.4 Å². The Morgan fingerprint density at radius 1 is 1.10 bits per heavy atom. The Labute approximate surface area is 171 Å². The smallest absolute Gasteiger partial charge is 0.254 e. The number of aromatic nitrogens is 2. The molecule has 0 aliphatic carbocycles. The highest BCUT2D eigenvalue weighted by atomic mass is 16.5. The summed E-state index contributed by atoms with van der Waals surface area (Å²) < 4.78 is 7.19. The van der Waals surface area contributed by atoms with Crippen LogP contribution in [0.25, 0.3) is 5.57 Å². The minimum atomic E-state index is 0.0555. The van der Waals surface area contributed by atoms with Gasteiger partial charge in [-0.25, -0.2) is 0 Å².